The zero-order valence-corrected chi connectivity index (χ0v) is 13.7. The lowest BCUT2D eigenvalue weighted by molar-refractivity contribution is -0.190. The van der Waals surface area contributed by atoms with E-state index in [4.69, 9.17) is 9.47 Å². The first-order valence-electron chi connectivity index (χ1n) is 7.80. The molecule has 0 N–H and O–H groups in total. The summed E-state index contributed by atoms with van der Waals surface area (Å²) in [6.07, 6.45) is -3.54. The van der Waals surface area contributed by atoms with Gasteiger partial charge in [-0.15, -0.1) is 0 Å². The Kier molecular flexibility index (Phi) is 6.04. The zero-order chi connectivity index (χ0) is 17.7. The number of halogens is 3. The van der Waals surface area contributed by atoms with Gasteiger partial charge in [-0.2, -0.15) is 13.2 Å². The van der Waals surface area contributed by atoms with Gasteiger partial charge in [0.05, 0.1) is 0 Å². The second kappa shape index (κ2) is 7.83. The first-order valence-corrected chi connectivity index (χ1v) is 7.80. The second-order valence-electron chi connectivity index (χ2n) is 5.90. The summed E-state index contributed by atoms with van der Waals surface area (Å²) in [6.45, 7) is 2.73. The molecule has 1 saturated heterocycles. The van der Waals surface area contributed by atoms with E-state index in [1.54, 1.807) is 7.05 Å². The molecule has 2 heterocycles. The topological polar surface area (TPSA) is 51.7 Å². The Morgan fingerprint density at radius 2 is 2.12 bits per heavy atom. The number of aromatic nitrogens is 1. The van der Waals surface area contributed by atoms with Crippen molar-refractivity contribution < 1.29 is 27.4 Å². The standard InChI is InChI=1S/C16H21F3N2O3/c1-11(16(17,18)19)24-14-13(4-3-7-20-14)15(22)21(2)10-12-5-8-23-9-6-12/h3-4,7,11-12H,5-6,8-10H2,1-2H3/t11-/m0/s1. The lowest BCUT2D eigenvalue weighted by atomic mass is 9.99. The predicted octanol–water partition coefficient (Wildman–Crippen LogP) is 2.91. The Balaban J connectivity index is 2.08. The monoisotopic (exact) mass is 346 g/mol. The summed E-state index contributed by atoms with van der Waals surface area (Å²) < 4.78 is 48.2. The van der Waals surface area contributed by atoms with E-state index in [0.29, 0.717) is 25.7 Å². The number of hydrogen-bond donors (Lipinski definition) is 0. The Labute approximate surface area is 138 Å². The maximum Gasteiger partial charge on any atom is 0.425 e. The number of rotatable bonds is 5. The summed E-state index contributed by atoms with van der Waals surface area (Å²) in [5.74, 6) is -0.382. The number of alkyl halides is 3. The molecule has 24 heavy (non-hydrogen) atoms. The van der Waals surface area contributed by atoms with Crippen LogP contribution in [0.1, 0.15) is 30.1 Å². The van der Waals surface area contributed by atoms with Crippen LogP contribution in [0.25, 0.3) is 0 Å². The molecule has 0 aromatic carbocycles. The molecule has 0 aliphatic carbocycles. The Morgan fingerprint density at radius 1 is 1.46 bits per heavy atom. The molecule has 1 amide bonds. The number of ether oxygens (including phenoxy) is 2. The fourth-order valence-corrected chi connectivity index (χ4v) is 2.49. The fraction of sp³-hybridized carbons (Fsp3) is 0.625. The molecule has 8 heteroatoms. The number of carbonyl (C=O) groups excluding carboxylic acids is 1. The van der Waals surface area contributed by atoms with Gasteiger partial charge in [0.2, 0.25) is 5.88 Å². The molecule has 1 aromatic heterocycles. The molecule has 0 saturated carbocycles. The van der Waals surface area contributed by atoms with Crippen molar-refractivity contribution in [1.82, 2.24) is 9.88 Å². The Bertz CT molecular complexity index is 560. The highest BCUT2D eigenvalue weighted by Gasteiger charge is 2.39. The molecule has 1 atom stereocenters. The maximum atomic E-state index is 12.7. The third-order valence-electron chi connectivity index (χ3n) is 3.97. The molecule has 0 unspecified atom stereocenters. The first kappa shape index (κ1) is 18.5. The molecular formula is C16H21F3N2O3. The van der Waals surface area contributed by atoms with Gasteiger partial charge >= 0.3 is 6.18 Å². The van der Waals surface area contributed by atoms with Crippen LogP contribution in [-0.4, -0.2) is 54.9 Å². The lowest BCUT2D eigenvalue weighted by Crippen LogP contribution is -2.35. The second-order valence-corrected chi connectivity index (χ2v) is 5.90. The van der Waals surface area contributed by atoms with Crippen LogP contribution in [0.3, 0.4) is 0 Å². The minimum absolute atomic E-state index is 0.0307. The molecular weight excluding hydrogens is 325 g/mol. The number of pyridine rings is 1. The van der Waals surface area contributed by atoms with Crippen molar-refractivity contribution >= 4 is 5.91 Å². The van der Waals surface area contributed by atoms with Gasteiger partial charge in [0.15, 0.2) is 6.10 Å². The van der Waals surface area contributed by atoms with Crippen LogP contribution in [0.15, 0.2) is 18.3 Å². The normalized spacial score (nSPS) is 17.4. The predicted molar refractivity (Wildman–Crippen MR) is 80.9 cm³/mol. The van der Waals surface area contributed by atoms with Gasteiger partial charge in [-0.05, 0) is 37.8 Å². The number of nitrogens with zero attached hydrogens (tertiary/aromatic N) is 2. The summed E-state index contributed by atoms with van der Waals surface area (Å²) in [5, 5.41) is 0. The minimum Gasteiger partial charge on any atom is -0.464 e. The van der Waals surface area contributed by atoms with Crippen molar-refractivity contribution in [3.8, 4) is 5.88 Å². The van der Waals surface area contributed by atoms with Crippen LogP contribution in [0.4, 0.5) is 13.2 Å². The van der Waals surface area contributed by atoms with Crippen LogP contribution in [-0.2, 0) is 4.74 Å². The van der Waals surface area contributed by atoms with E-state index >= 15 is 0 Å². The van der Waals surface area contributed by atoms with Gasteiger partial charge in [0.25, 0.3) is 5.91 Å². The fourth-order valence-electron chi connectivity index (χ4n) is 2.49. The number of amides is 1. The van der Waals surface area contributed by atoms with Gasteiger partial charge < -0.3 is 14.4 Å². The van der Waals surface area contributed by atoms with E-state index in [1.165, 1.54) is 23.2 Å². The largest absolute Gasteiger partial charge is 0.464 e. The third-order valence-corrected chi connectivity index (χ3v) is 3.97. The zero-order valence-electron chi connectivity index (χ0n) is 13.7. The maximum absolute atomic E-state index is 12.7. The summed E-state index contributed by atoms with van der Waals surface area (Å²) in [7, 11) is 1.63. The van der Waals surface area contributed by atoms with Gasteiger partial charge in [-0.1, -0.05) is 0 Å². The molecule has 0 bridgehead atoms. The van der Waals surface area contributed by atoms with Gasteiger partial charge in [0, 0.05) is 33.0 Å². The van der Waals surface area contributed by atoms with Crippen molar-refractivity contribution in [2.45, 2.75) is 32.0 Å². The van der Waals surface area contributed by atoms with Gasteiger partial charge in [-0.25, -0.2) is 4.98 Å². The molecule has 1 aliphatic rings. The molecule has 134 valence electrons. The summed E-state index contributed by atoms with van der Waals surface area (Å²) >= 11 is 0. The molecule has 0 spiro atoms. The van der Waals surface area contributed by atoms with E-state index < -0.39 is 18.2 Å². The Hall–Kier alpha value is -1.83. The van der Waals surface area contributed by atoms with Crippen LogP contribution in [0.5, 0.6) is 5.88 Å². The quantitative estimate of drug-likeness (QED) is 0.823. The summed E-state index contributed by atoms with van der Waals surface area (Å²) in [6, 6.07) is 2.93. The van der Waals surface area contributed by atoms with E-state index in [-0.39, 0.29) is 11.4 Å². The third kappa shape index (κ3) is 4.83. The van der Waals surface area contributed by atoms with Crippen molar-refractivity contribution in [3.63, 3.8) is 0 Å². The molecule has 2 rings (SSSR count). The van der Waals surface area contributed by atoms with Crippen molar-refractivity contribution in [2.24, 2.45) is 5.92 Å². The lowest BCUT2D eigenvalue weighted by Gasteiger charge is -2.27. The van der Waals surface area contributed by atoms with E-state index in [1.807, 2.05) is 0 Å². The minimum atomic E-state index is -4.52. The van der Waals surface area contributed by atoms with Gasteiger partial charge in [-0.3, -0.25) is 4.79 Å². The van der Waals surface area contributed by atoms with Crippen molar-refractivity contribution in [3.05, 3.63) is 23.9 Å². The van der Waals surface area contributed by atoms with E-state index in [2.05, 4.69) is 4.98 Å². The average molecular weight is 346 g/mol. The molecule has 5 nitrogen and oxygen atoms in total. The Morgan fingerprint density at radius 3 is 2.75 bits per heavy atom. The first-order chi connectivity index (χ1) is 11.3. The summed E-state index contributed by atoms with van der Waals surface area (Å²) in [4.78, 5) is 17.9. The van der Waals surface area contributed by atoms with E-state index in [0.717, 1.165) is 19.8 Å². The van der Waals surface area contributed by atoms with E-state index in [9.17, 15) is 18.0 Å². The van der Waals surface area contributed by atoms with Crippen LogP contribution in [0.2, 0.25) is 0 Å². The van der Waals surface area contributed by atoms with Crippen molar-refractivity contribution in [1.29, 1.82) is 0 Å². The molecule has 1 fully saturated rings. The smallest absolute Gasteiger partial charge is 0.425 e. The molecule has 0 radical (unpaired) electrons. The average Bonchev–Trinajstić information content (AvgIpc) is 2.54. The van der Waals surface area contributed by atoms with Gasteiger partial charge in [0.1, 0.15) is 5.56 Å². The van der Waals surface area contributed by atoms with Crippen LogP contribution < -0.4 is 4.74 Å². The highest BCUT2D eigenvalue weighted by molar-refractivity contribution is 5.96. The number of carbonyl (C=O) groups is 1. The highest BCUT2D eigenvalue weighted by Crippen LogP contribution is 2.26. The van der Waals surface area contributed by atoms with Crippen LogP contribution in [0, 0.1) is 5.92 Å². The number of hydrogen-bond acceptors (Lipinski definition) is 4. The van der Waals surface area contributed by atoms with Crippen molar-refractivity contribution in [2.75, 3.05) is 26.8 Å². The highest BCUT2D eigenvalue weighted by atomic mass is 19.4. The molecule has 1 aromatic rings. The SMILES string of the molecule is C[C@H](Oc1ncccc1C(=O)N(C)CC1CCOCC1)C(F)(F)F. The molecule has 1 aliphatic heterocycles. The summed E-state index contributed by atoms with van der Waals surface area (Å²) in [5.41, 5.74) is 0.0307. The van der Waals surface area contributed by atoms with Crippen LogP contribution >= 0.6 is 0 Å².